The van der Waals surface area contributed by atoms with E-state index in [1.165, 1.54) is 4.90 Å². The van der Waals surface area contributed by atoms with Crippen molar-refractivity contribution in [2.45, 2.75) is 32.0 Å². The zero-order chi connectivity index (χ0) is 16.3. The molecule has 120 valence electrons. The molecule has 4 rings (SSSR count). The lowest BCUT2D eigenvalue weighted by Crippen LogP contribution is -2.61. The number of aromatic nitrogens is 2. The van der Waals surface area contributed by atoms with Crippen molar-refractivity contribution in [1.29, 1.82) is 0 Å². The third-order valence-corrected chi connectivity index (χ3v) is 5.43. The monoisotopic (exact) mass is 334 g/mol. The molecule has 23 heavy (non-hydrogen) atoms. The average molecular weight is 334 g/mol. The summed E-state index contributed by atoms with van der Waals surface area (Å²) >= 11 is 1.60. The van der Waals surface area contributed by atoms with Gasteiger partial charge < -0.3 is 15.1 Å². The van der Waals surface area contributed by atoms with Crippen molar-refractivity contribution in [2.75, 3.05) is 0 Å². The molecule has 0 unspecified atom stereocenters. The van der Waals surface area contributed by atoms with Crippen molar-refractivity contribution in [3.63, 3.8) is 0 Å². The molecule has 3 atom stereocenters. The smallest absolute Gasteiger partial charge is 0.352 e. The summed E-state index contributed by atoms with van der Waals surface area (Å²) in [5.74, 6) is -1.87. The number of aliphatic carboxylic acids is 1. The number of hydrogen-bond acceptors (Lipinski definition) is 4. The Morgan fingerprint density at radius 1 is 1.57 bits per heavy atom. The fourth-order valence-electron chi connectivity index (χ4n) is 3.64. The van der Waals surface area contributed by atoms with E-state index in [-0.39, 0.29) is 17.6 Å². The van der Waals surface area contributed by atoms with Crippen LogP contribution >= 0.6 is 11.3 Å². The van der Waals surface area contributed by atoms with E-state index in [2.05, 4.69) is 0 Å². The first kappa shape index (κ1) is 14.4. The molecule has 1 amide bonds. The van der Waals surface area contributed by atoms with Crippen LogP contribution in [0, 0.1) is 5.92 Å². The van der Waals surface area contributed by atoms with Gasteiger partial charge in [0.15, 0.2) is 0 Å². The number of amides is 1. The summed E-state index contributed by atoms with van der Waals surface area (Å²) in [6, 6.07) is -0.229. The van der Waals surface area contributed by atoms with Crippen LogP contribution in [0.5, 0.6) is 0 Å². The van der Waals surface area contributed by atoms with Gasteiger partial charge in [-0.1, -0.05) is 11.3 Å². The maximum Gasteiger partial charge on any atom is 0.352 e. The van der Waals surface area contributed by atoms with Crippen molar-refractivity contribution in [2.24, 2.45) is 5.92 Å². The summed E-state index contributed by atoms with van der Waals surface area (Å²) in [4.78, 5) is 26.2. The van der Waals surface area contributed by atoms with Gasteiger partial charge in [-0.05, 0) is 13.3 Å². The minimum Gasteiger partial charge on any atom is -0.477 e. The second-order valence-corrected chi connectivity index (χ2v) is 6.99. The van der Waals surface area contributed by atoms with E-state index in [9.17, 15) is 19.8 Å². The van der Waals surface area contributed by atoms with Gasteiger partial charge in [0, 0.05) is 11.0 Å². The first-order chi connectivity index (χ1) is 11.0. The number of fused-ring (bicyclic) bond motifs is 2. The highest BCUT2D eigenvalue weighted by Crippen LogP contribution is 2.43. The molecule has 2 N–H and O–H groups in total. The van der Waals surface area contributed by atoms with Crippen molar-refractivity contribution in [1.82, 2.24) is 9.30 Å². The Labute approximate surface area is 135 Å². The Bertz CT molecular complexity index is 821. The Hall–Kier alpha value is -2.19. The topological polar surface area (TPSA) is 86.1 Å². The highest BCUT2D eigenvalue weighted by molar-refractivity contribution is 7.15. The molecule has 0 aromatic carbocycles. The molecule has 1 fully saturated rings. The van der Waals surface area contributed by atoms with Crippen molar-refractivity contribution in [3.05, 3.63) is 35.4 Å². The number of rotatable bonds is 4. The van der Waals surface area contributed by atoms with Gasteiger partial charge >= 0.3 is 5.97 Å². The van der Waals surface area contributed by atoms with Gasteiger partial charge in [-0.3, -0.25) is 4.79 Å². The molecular formula is C15H16N3O4S+. The number of imidazole rings is 1. The van der Waals surface area contributed by atoms with Crippen molar-refractivity contribution < 1.29 is 24.4 Å². The molecule has 8 heteroatoms. The predicted octanol–water partition coefficient (Wildman–Crippen LogP) is 0.238. The minimum absolute atomic E-state index is 0.0824. The van der Waals surface area contributed by atoms with Crippen LogP contribution in [0.4, 0.5) is 0 Å². The summed E-state index contributed by atoms with van der Waals surface area (Å²) in [7, 11) is 0. The van der Waals surface area contributed by atoms with Crippen molar-refractivity contribution >= 4 is 28.0 Å². The molecule has 7 nitrogen and oxygen atoms in total. The van der Waals surface area contributed by atoms with Gasteiger partial charge in [0.2, 0.25) is 17.1 Å². The van der Waals surface area contributed by atoms with Gasteiger partial charge in [-0.2, -0.15) is 4.40 Å². The van der Waals surface area contributed by atoms with Crippen LogP contribution in [-0.2, 0) is 16.1 Å². The van der Waals surface area contributed by atoms with Crippen LogP contribution in [0.15, 0.2) is 35.4 Å². The normalized spacial score (nSPS) is 25.0. The fourth-order valence-corrected chi connectivity index (χ4v) is 4.39. The van der Waals surface area contributed by atoms with Gasteiger partial charge in [-0.25, -0.2) is 9.36 Å². The quantitative estimate of drug-likeness (QED) is 0.619. The van der Waals surface area contributed by atoms with Crippen molar-refractivity contribution in [3.8, 4) is 0 Å². The lowest BCUT2D eigenvalue weighted by molar-refractivity contribution is -0.687. The Kier molecular flexibility index (Phi) is 3.07. The Morgan fingerprint density at radius 3 is 3.00 bits per heavy atom. The molecule has 0 bridgehead atoms. The van der Waals surface area contributed by atoms with E-state index in [4.69, 9.17) is 0 Å². The molecule has 2 aliphatic rings. The van der Waals surface area contributed by atoms with Crippen LogP contribution in [0.25, 0.3) is 4.83 Å². The minimum atomic E-state index is -1.08. The zero-order valence-electron chi connectivity index (χ0n) is 12.4. The predicted molar refractivity (Wildman–Crippen MR) is 80.6 cm³/mol. The third-order valence-electron chi connectivity index (χ3n) is 4.61. The summed E-state index contributed by atoms with van der Waals surface area (Å²) < 4.78 is 3.90. The molecule has 1 saturated heterocycles. The number of thiazole rings is 1. The van der Waals surface area contributed by atoms with Crippen LogP contribution in [0.1, 0.15) is 13.3 Å². The SMILES string of the molecule is C[C@@H](O)[C@H]1C(=O)N2C(C(=O)O)=C(C[n+]3cc4sccn4c3)C[C@H]12. The standard InChI is InChI=1S/C15H15N3O4S/c1-8(19)12-10-4-9(13(15(21)22)18(10)14(12)20)5-16-6-11-17(7-16)2-3-23-11/h2-3,6-8,10,12,19H,4-5H2,1H3/p+1/t8-,10-,12-/m1/s1. The molecule has 0 radical (unpaired) electrons. The zero-order valence-corrected chi connectivity index (χ0v) is 13.2. The number of carbonyl (C=O) groups excluding carboxylic acids is 1. The number of hydrogen-bond donors (Lipinski definition) is 2. The van der Waals surface area contributed by atoms with E-state index in [1.54, 1.807) is 18.3 Å². The van der Waals surface area contributed by atoms with E-state index in [0.29, 0.717) is 13.0 Å². The van der Waals surface area contributed by atoms with Crippen LogP contribution in [-0.4, -0.2) is 43.5 Å². The van der Waals surface area contributed by atoms with E-state index < -0.39 is 18.0 Å². The molecule has 4 heterocycles. The van der Waals surface area contributed by atoms with Gasteiger partial charge in [0.05, 0.1) is 18.1 Å². The average Bonchev–Trinajstić information content (AvgIpc) is 3.10. The Morgan fingerprint density at radius 2 is 2.35 bits per heavy atom. The van der Waals surface area contributed by atoms with Crippen LogP contribution < -0.4 is 4.57 Å². The van der Waals surface area contributed by atoms with E-state index in [1.807, 2.05) is 33.1 Å². The van der Waals surface area contributed by atoms with E-state index in [0.717, 1.165) is 10.4 Å². The first-order valence-electron chi connectivity index (χ1n) is 7.38. The lowest BCUT2D eigenvalue weighted by Gasteiger charge is -2.44. The molecule has 2 aliphatic heterocycles. The number of β-lactam (4-membered cyclic amide) rings is 1. The number of nitrogens with zero attached hydrogens (tertiary/aromatic N) is 3. The molecule has 0 saturated carbocycles. The Balaban J connectivity index is 1.65. The molecule has 0 aliphatic carbocycles. The summed E-state index contributed by atoms with van der Waals surface area (Å²) in [6.45, 7) is 2.01. The number of aliphatic hydroxyl groups excluding tert-OH is 1. The van der Waals surface area contributed by atoms with Gasteiger partial charge in [0.1, 0.15) is 24.6 Å². The maximum atomic E-state index is 12.2. The van der Waals surface area contributed by atoms with Crippen LogP contribution in [0.3, 0.4) is 0 Å². The van der Waals surface area contributed by atoms with Gasteiger partial charge in [-0.15, -0.1) is 0 Å². The second kappa shape index (κ2) is 4.90. The number of carbonyl (C=O) groups is 2. The van der Waals surface area contributed by atoms with Gasteiger partial charge in [0.25, 0.3) is 0 Å². The summed E-state index contributed by atoms with van der Waals surface area (Å²) in [5.41, 5.74) is 0.807. The largest absolute Gasteiger partial charge is 0.477 e. The maximum absolute atomic E-state index is 12.2. The number of aliphatic hydroxyl groups is 1. The number of carboxylic acids is 1. The molecule has 2 aromatic heterocycles. The third kappa shape index (κ3) is 2.02. The highest BCUT2D eigenvalue weighted by Gasteiger charge is 2.56. The fraction of sp³-hybridized carbons (Fsp3) is 0.400. The lowest BCUT2D eigenvalue weighted by atomic mass is 9.83. The first-order valence-corrected chi connectivity index (χ1v) is 8.26. The molecular weight excluding hydrogens is 318 g/mol. The second-order valence-electron chi connectivity index (χ2n) is 6.07. The number of carboxylic acid groups (broad SMARTS) is 1. The highest BCUT2D eigenvalue weighted by atomic mass is 32.1. The molecule has 2 aromatic rings. The van der Waals surface area contributed by atoms with Crippen LogP contribution in [0.2, 0.25) is 0 Å². The van der Waals surface area contributed by atoms with E-state index >= 15 is 0 Å². The summed E-state index contributed by atoms with van der Waals surface area (Å²) in [5, 5.41) is 21.2. The summed E-state index contributed by atoms with van der Waals surface area (Å²) in [6.07, 6.45) is 5.55. The molecule has 0 spiro atoms.